The molecule has 96 valence electrons. The van der Waals surface area contributed by atoms with Crippen LogP contribution in [0.1, 0.15) is 32.1 Å². The third kappa shape index (κ3) is 2.18. The average Bonchev–Trinajstić information content (AvgIpc) is 2.97. The molecule has 0 aromatic rings. The lowest BCUT2D eigenvalue weighted by atomic mass is 9.90. The summed E-state index contributed by atoms with van der Waals surface area (Å²) in [5.74, 6) is -0.0540. The molecule has 3 rings (SSSR count). The second-order valence-corrected chi connectivity index (χ2v) is 6.85. The highest BCUT2D eigenvalue weighted by Crippen LogP contribution is 2.54. The monoisotopic (exact) mass is 277 g/mol. The molecule has 3 aliphatic rings. The van der Waals surface area contributed by atoms with Gasteiger partial charge in [0.15, 0.2) is 0 Å². The van der Waals surface area contributed by atoms with Crippen molar-refractivity contribution in [3.8, 4) is 0 Å². The van der Waals surface area contributed by atoms with Crippen LogP contribution in [0.4, 0.5) is 0 Å². The standard InChI is InChI=1S/C12H17Cl2NO2/c13-12(14)7-8(12)11(16)15-5-6-17-10-4-2-1-3-9(10)15/h8-10H,1-7H2/t8-,9-,10-/m0/s1. The Hall–Kier alpha value is 0.01000. The van der Waals surface area contributed by atoms with E-state index >= 15 is 0 Å². The number of hydrogen-bond acceptors (Lipinski definition) is 2. The Morgan fingerprint density at radius 2 is 2.00 bits per heavy atom. The zero-order valence-electron chi connectivity index (χ0n) is 9.70. The highest BCUT2D eigenvalue weighted by atomic mass is 35.5. The van der Waals surface area contributed by atoms with Crippen molar-refractivity contribution in [1.82, 2.24) is 4.90 Å². The Bertz CT molecular complexity index is 332. The van der Waals surface area contributed by atoms with Gasteiger partial charge in [0.2, 0.25) is 5.91 Å². The van der Waals surface area contributed by atoms with Crippen LogP contribution in [0.25, 0.3) is 0 Å². The summed E-state index contributed by atoms with van der Waals surface area (Å²) in [7, 11) is 0. The van der Waals surface area contributed by atoms with Gasteiger partial charge in [-0.2, -0.15) is 0 Å². The largest absolute Gasteiger partial charge is 0.374 e. The molecule has 0 spiro atoms. The number of amides is 1. The second-order valence-electron chi connectivity index (χ2n) is 5.31. The van der Waals surface area contributed by atoms with Crippen LogP contribution in [0.3, 0.4) is 0 Å². The summed E-state index contributed by atoms with van der Waals surface area (Å²) in [6.45, 7) is 1.34. The fourth-order valence-electron chi connectivity index (χ4n) is 3.05. The predicted octanol–water partition coefficient (Wildman–Crippen LogP) is 2.35. The summed E-state index contributed by atoms with van der Waals surface area (Å²) < 4.78 is 4.95. The number of carbonyl (C=O) groups excluding carboxylic acids is 1. The number of hydrogen-bond donors (Lipinski definition) is 0. The Labute approximate surface area is 111 Å². The van der Waals surface area contributed by atoms with Crippen molar-refractivity contribution in [2.75, 3.05) is 13.2 Å². The Morgan fingerprint density at radius 3 is 2.71 bits per heavy atom. The molecule has 0 unspecified atom stereocenters. The Morgan fingerprint density at radius 1 is 1.29 bits per heavy atom. The van der Waals surface area contributed by atoms with Gasteiger partial charge in [0.05, 0.1) is 24.7 Å². The number of carbonyl (C=O) groups is 1. The summed E-state index contributed by atoms with van der Waals surface area (Å²) >= 11 is 12.0. The molecule has 1 aliphatic heterocycles. The van der Waals surface area contributed by atoms with Crippen molar-refractivity contribution >= 4 is 29.1 Å². The number of nitrogens with zero attached hydrogens (tertiary/aromatic N) is 1. The molecule has 3 atom stereocenters. The van der Waals surface area contributed by atoms with Crippen molar-refractivity contribution in [2.45, 2.75) is 48.6 Å². The van der Waals surface area contributed by atoms with Crippen molar-refractivity contribution in [1.29, 1.82) is 0 Å². The van der Waals surface area contributed by atoms with Gasteiger partial charge >= 0.3 is 0 Å². The maximum atomic E-state index is 12.3. The molecule has 0 radical (unpaired) electrons. The smallest absolute Gasteiger partial charge is 0.229 e. The third-order valence-electron chi connectivity index (χ3n) is 4.14. The molecule has 0 N–H and O–H groups in total. The third-order valence-corrected chi connectivity index (χ3v) is 4.97. The van der Waals surface area contributed by atoms with Crippen LogP contribution in [0.2, 0.25) is 0 Å². The van der Waals surface area contributed by atoms with Crippen molar-refractivity contribution in [2.24, 2.45) is 5.92 Å². The molecule has 0 aromatic carbocycles. The van der Waals surface area contributed by atoms with Crippen molar-refractivity contribution in [3.05, 3.63) is 0 Å². The number of ether oxygens (including phenoxy) is 1. The molecule has 1 amide bonds. The first-order chi connectivity index (χ1) is 8.09. The normalized spacial score (nSPS) is 39.6. The van der Waals surface area contributed by atoms with Gasteiger partial charge in [0, 0.05) is 6.54 Å². The number of rotatable bonds is 1. The van der Waals surface area contributed by atoms with Gasteiger partial charge in [0.25, 0.3) is 0 Å². The summed E-state index contributed by atoms with van der Waals surface area (Å²) in [5, 5.41) is 0. The van der Waals surface area contributed by atoms with E-state index in [1.54, 1.807) is 0 Å². The van der Waals surface area contributed by atoms with E-state index in [1.165, 1.54) is 12.8 Å². The second kappa shape index (κ2) is 4.29. The lowest BCUT2D eigenvalue weighted by Gasteiger charge is -2.44. The maximum absolute atomic E-state index is 12.3. The molecule has 1 saturated heterocycles. The lowest BCUT2D eigenvalue weighted by Crippen LogP contribution is -2.55. The number of halogens is 2. The van der Waals surface area contributed by atoms with Gasteiger partial charge in [-0.25, -0.2) is 0 Å². The van der Waals surface area contributed by atoms with Gasteiger partial charge in [0.1, 0.15) is 4.33 Å². The Balaban J connectivity index is 1.71. The molecule has 2 aliphatic carbocycles. The van der Waals surface area contributed by atoms with E-state index in [-0.39, 0.29) is 24.0 Å². The minimum atomic E-state index is -0.806. The molecule has 3 nitrogen and oxygen atoms in total. The van der Waals surface area contributed by atoms with Gasteiger partial charge in [-0.1, -0.05) is 12.8 Å². The van der Waals surface area contributed by atoms with Crippen LogP contribution < -0.4 is 0 Å². The van der Waals surface area contributed by atoms with Crippen molar-refractivity contribution < 1.29 is 9.53 Å². The van der Waals surface area contributed by atoms with E-state index in [1.807, 2.05) is 4.90 Å². The molecule has 5 heteroatoms. The van der Waals surface area contributed by atoms with E-state index in [2.05, 4.69) is 0 Å². The summed E-state index contributed by atoms with van der Waals surface area (Å²) in [5.41, 5.74) is 0. The van der Waals surface area contributed by atoms with E-state index in [4.69, 9.17) is 27.9 Å². The molecule has 3 fully saturated rings. The van der Waals surface area contributed by atoms with E-state index in [0.717, 1.165) is 12.8 Å². The topological polar surface area (TPSA) is 29.5 Å². The number of morpholine rings is 1. The first-order valence-electron chi connectivity index (χ1n) is 6.39. The van der Waals surface area contributed by atoms with Crippen LogP contribution in [-0.2, 0) is 9.53 Å². The molecular formula is C12H17Cl2NO2. The van der Waals surface area contributed by atoms with Crippen LogP contribution in [0, 0.1) is 5.92 Å². The summed E-state index contributed by atoms with van der Waals surface area (Å²) in [6, 6.07) is 0.259. The van der Waals surface area contributed by atoms with Gasteiger partial charge in [-0.05, 0) is 19.3 Å². The number of fused-ring (bicyclic) bond motifs is 1. The minimum Gasteiger partial charge on any atom is -0.374 e. The zero-order valence-corrected chi connectivity index (χ0v) is 11.2. The molecule has 1 heterocycles. The zero-order chi connectivity index (χ0) is 12.0. The van der Waals surface area contributed by atoms with Gasteiger partial charge in [-0.3, -0.25) is 4.79 Å². The molecule has 2 saturated carbocycles. The predicted molar refractivity (Wildman–Crippen MR) is 66.3 cm³/mol. The average molecular weight is 278 g/mol. The van der Waals surface area contributed by atoms with Crippen LogP contribution in [0.15, 0.2) is 0 Å². The van der Waals surface area contributed by atoms with Gasteiger partial charge in [-0.15, -0.1) is 23.2 Å². The van der Waals surface area contributed by atoms with E-state index < -0.39 is 4.33 Å². The van der Waals surface area contributed by atoms with Crippen LogP contribution in [-0.4, -0.2) is 40.4 Å². The molecule has 0 bridgehead atoms. The maximum Gasteiger partial charge on any atom is 0.229 e. The van der Waals surface area contributed by atoms with Crippen molar-refractivity contribution in [3.63, 3.8) is 0 Å². The van der Waals surface area contributed by atoms with E-state index in [0.29, 0.717) is 19.6 Å². The molecule has 17 heavy (non-hydrogen) atoms. The summed E-state index contributed by atoms with van der Waals surface area (Å²) in [6.07, 6.45) is 5.37. The highest BCUT2D eigenvalue weighted by Gasteiger charge is 2.58. The number of alkyl halides is 2. The SMILES string of the molecule is O=C([C@@H]1CC1(Cl)Cl)N1CCO[C@H]2CCCC[C@@H]21. The quantitative estimate of drug-likeness (QED) is 0.689. The molecule has 0 aromatic heterocycles. The lowest BCUT2D eigenvalue weighted by molar-refractivity contribution is -0.150. The highest BCUT2D eigenvalue weighted by molar-refractivity contribution is 6.52. The minimum absolute atomic E-state index is 0.134. The van der Waals surface area contributed by atoms with E-state index in [9.17, 15) is 4.79 Å². The first kappa shape index (κ1) is 12.1. The molecular weight excluding hydrogens is 261 g/mol. The fourth-order valence-corrected chi connectivity index (χ4v) is 3.55. The summed E-state index contributed by atoms with van der Waals surface area (Å²) in [4.78, 5) is 14.3. The fraction of sp³-hybridized carbons (Fsp3) is 0.917. The first-order valence-corrected chi connectivity index (χ1v) is 7.15. The van der Waals surface area contributed by atoms with Gasteiger partial charge < -0.3 is 9.64 Å². The van der Waals surface area contributed by atoms with Crippen LogP contribution in [0.5, 0.6) is 0 Å². The Kier molecular flexibility index (Phi) is 3.04. The van der Waals surface area contributed by atoms with Crippen LogP contribution >= 0.6 is 23.2 Å².